The second-order valence-corrected chi connectivity index (χ2v) is 4.16. The Morgan fingerprint density at radius 2 is 2.47 bits per heavy atom. The number of hydrogen-bond acceptors (Lipinski definition) is 4. The lowest BCUT2D eigenvalue weighted by molar-refractivity contribution is -0.131. The summed E-state index contributed by atoms with van der Waals surface area (Å²) >= 11 is 0. The largest absolute Gasteiger partial charge is 0.388 e. The van der Waals surface area contributed by atoms with Crippen LogP contribution in [0.1, 0.15) is 13.3 Å². The number of aromatic nitrogens is 3. The lowest BCUT2D eigenvalue weighted by Gasteiger charge is -2.18. The van der Waals surface area contributed by atoms with Gasteiger partial charge in [0.05, 0.1) is 5.60 Å². The molecule has 1 N–H and O–H groups in total. The highest BCUT2D eigenvalue weighted by atomic mass is 16.3. The Labute approximate surface area is 87.5 Å². The number of carbonyl (C=O) groups excluding carboxylic acids is 1. The number of likely N-dealkylation sites (tertiary alicyclic amines) is 1. The molecular formula is C9H14N4O2. The molecule has 1 unspecified atom stereocenters. The fourth-order valence-corrected chi connectivity index (χ4v) is 1.71. The molecule has 2 heterocycles. The first-order chi connectivity index (χ1) is 7.07. The van der Waals surface area contributed by atoms with Crippen molar-refractivity contribution in [3.63, 3.8) is 0 Å². The van der Waals surface area contributed by atoms with Crippen LogP contribution in [-0.2, 0) is 11.3 Å². The molecule has 2 rings (SSSR count). The highest BCUT2D eigenvalue weighted by Crippen LogP contribution is 2.20. The molecule has 0 spiro atoms. The topological polar surface area (TPSA) is 71.2 Å². The molecule has 1 atom stereocenters. The Kier molecular flexibility index (Phi) is 2.44. The molecule has 1 aromatic rings. The third kappa shape index (κ3) is 2.33. The van der Waals surface area contributed by atoms with Gasteiger partial charge >= 0.3 is 0 Å². The van der Waals surface area contributed by atoms with Crippen molar-refractivity contribution in [1.29, 1.82) is 0 Å². The summed E-state index contributed by atoms with van der Waals surface area (Å²) in [7, 11) is 0. The summed E-state index contributed by atoms with van der Waals surface area (Å²) in [6, 6.07) is 0. The van der Waals surface area contributed by atoms with Crippen molar-refractivity contribution in [3.8, 4) is 0 Å². The minimum absolute atomic E-state index is 0.0294. The Morgan fingerprint density at radius 1 is 1.67 bits per heavy atom. The van der Waals surface area contributed by atoms with Gasteiger partial charge in [-0.3, -0.25) is 4.79 Å². The first-order valence-electron chi connectivity index (χ1n) is 4.89. The molecule has 82 valence electrons. The van der Waals surface area contributed by atoms with Gasteiger partial charge in [0.2, 0.25) is 5.91 Å². The maximum absolute atomic E-state index is 11.7. The van der Waals surface area contributed by atoms with Crippen LogP contribution in [0.15, 0.2) is 12.7 Å². The first kappa shape index (κ1) is 10.1. The standard InChI is InChI=1S/C9H14N4O2/c1-9(15)2-3-12(5-9)8(14)4-13-7-10-6-11-13/h6-7,15H,2-5H2,1H3. The van der Waals surface area contributed by atoms with Gasteiger partial charge in [0.1, 0.15) is 19.2 Å². The van der Waals surface area contributed by atoms with Gasteiger partial charge < -0.3 is 10.0 Å². The smallest absolute Gasteiger partial charge is 0.244 e. The molecule has 15 heavy (non-hydrogen) atoms. The van der Waals surface area contributed by atoms with Crippen molar-refractivity contribution in [2.24, 2.45) is 0 Å². The van der Waals surface area contributed by atoms with Crippen molar-refractivity contribution < 1.29 is 9.90 Å². The van der Waals surface area contributed by atoms with Crippen molar-refractivity contribution in [2.45, 2.75) is 25.5 Å². The molecule has 1 aliphatic heterocycles. The van der Waals surface area contributed by atoms with Crippen molar-refractivity contribution >= 4 is 5.91 Å². The Morgan fingerprint density at radius 3 is 3.00 bits per heavy atom. The zero-order valence-electron chi connectivity index (χ0n) is 8.63. The van der Waals surface area contributed by atoms with Gasteiger partial charge in [-0.15, -0.1) is 0 Å². The van der Waals surface area contributed by atoms with Crippen LogP contribution in [0.2, 0.25) is 0 Å². The minimum atomic E-state index is -0.738. The molecule has 1 aliphatic rings. The zero-order valence-corrected chi connectivity index (χ0v) is 8.63. The average molecular weight is 210 g/mol. The highest BCUT2D eigenvalue weighted by Gasteiger charge is 2.33. The molecule has 0 aliphatic carbocycles. The van der Waals surface area contributed by atoms with Crippen molar-refractivity contribution in [1.82, 2.24) is 19.7 Å². The van der Waals surface area contributed by atoms with Crippen LogP contribution >= 0.6 is 0 Å². The third-order valence-electron chi connectivity index (χ3n) is 2.57. The van der Waals surface area contributed by atoms with Gasteiger partial charge in [-0.2, -0.15) is 5.10 Å². The van der Waals surface area contributed by atoms with E-state index in [9.17, 15) is 9.90 Å². The summed E-state index contributed by atoms with van der Waals surface area (Å²) in [5, 5.41) is 13.6. The zero-order chi connectivity index (χ0) is 10.9. The summed E-state index contributed by atoms with van der Waals surface area (Å²) in [4.78, 5) is 17.1. The quantitative estimate of drug-likeness (QED) is 0.698. The fourth-order valence-electron chi connectivity index (χ4n) is 1.71. The Bertz CT molecular complexity index is 347. The number of rotatable bonds is 2. The predicted molar refractivity (Wildman–Crippen MR) is 51.8 cm³/mol. The summed E-state index contributed by atoms with van der Waals surface area (Å²) in [6.07, 6.45) is 3.54. The van der Waals surface area contributed by atoms with E-state index in [1.54, 1.807) is 11.8 Å². The molecule has 1 fully saturated rings. The van der Waals surface area contributed by atoms with E-state index in [1.165, 1.54) is 17.3 Å². The monoisotopic (exact) mass is 210 g/mol. The van der Waals surface area contributed by atoms with E-state index in [4.69, 9.17) is 0 Å². The number of nitrogens with zero attached hydrogens (tertiary/aromatic N) is 4. The third-order valence-corrected chi connectivity index (χ3v) is 2.57. The summed E-state index contributed by atoms with van der Waals surface area (Å²) < 4.78 is 1.48. The molecule has 6 heteroatoms. The van der Waals surface area contributed by atoms with Crippen LogP contribution in [0.3, 0.4) is 0 Å². The SMILES string of the molecule is CC1(O)CCN(C(=O)Cn2cncn2)C1. The molecule has 0 bridgehead atoms. The van der Waals surface area contributed by atoms with Gasteiger partial charge in [-0.1, -0.05) is 0 Å². The number of amides is 1. The van der Waals surface area contributed by atoms with E-state index < -0.39 is 5.60 Å². The minimum Gasteiger partial charge on any atom is -0.388 e. The summed E-state index contributed by atoms with van der Waals surface area (Å²) in [5.41, 5.74) is -0.738. The molecule has 0 radical (unpaired) electrons. The van der Waals surface area contributed by atoms with E-state index in [0.717, 1.165) is 0 Å². The van der Waals surface area contributed by atoms with Crippen LogP contribution in [-0.4, -0.2) is 49.4 Å². The Balaban J connectivity index is 1.93. The highest BCUT2D eigenvalue weighted by molar-refractivity contribution is 5.76. The molecule has 0 saturated carbocycles. The van der Waals surface area contributed by atoms with Crippen molar-refractivity contribution in [3.05, 3.63) is 12.7 Å². The van der Waals surface area contributed by atoms with Crippen LogP contribution in [0, 0.1) is 0 Å². The van der Waals surface area contributed by atoms with Gasteiger partial charge in [0, 0.05) is 13.1 Å². The van der Waals surface area contributed by atoms with Gasteiger partial charge in [0.25, 0.3) is 0 Å². The van der Waals surface area contributed by atoms with Crippen LogP contribution < -0.4 is 0 Å². The average Bonchev–Trinajstić information content (AvgIpc) is 2.74. The molecule has 1 aromatic heterocycles. The van der Waals surface area contributed by atoms with E-state index in [1.807, 2.05) is 0 Å². The van der Waals surface area contributed by atoms with E-state index >= 15 is 0 Å². The molecule has 1 amide bonds. The lowest BCUT2D eigenvalue weighted by Crippen LogP contribution is -2.35. The lowest BCUT2D eigenvalue weighted by atomic mass is 10.1. The second-order valence-electron chi connectivity index (χ2n) is 4.16. The van der Waals surface area contributed by atoms with E-state index in [0.29, 0.717) is 19.5 Å². The van der Waals surface area contributed by atoms with Crippen LogP contribution in [0.25, 0.3) is 0 Å². The first-order valence-corrected chi connectivity index (χ1v) is 4.89. The van der Waals surface area contributed by atoms with Crippen molar-refractivity contribution in [2.75, 3.05) is 13.1 Å². The van der Waals surface area contributed by atoms with Crippen LogP contribution in [0.4, 0.5) is 0 Å². The van der Waals surface area contributed by atoms with E-state index in [2.05, 4.69) is 10.1 Å². The van der Waals surface area contributed by atoms with Gasteiger partial charge in [0.15, 0.2) is 0 Å². The number of carbonyl (C=O) groups is 1. The molecule has 6 nitrogen and oxygen atoms in total. The molecule has 1 saturated heterocycles. The molecular weight excluding hydrogens is 196 g/mol. The maximum Gasteiger partial charge on any atom is 0.244 e. The second kappa shape index (κ2) is 3.62. The van der Waals surface area contributed by atoms with E-state index in [-0.39, 0.29) is 12.5 Å². The summed E-state index contributed by atoms with van der Waals surface area (Å²) in [6.45, 7) is 2.95. The number of β-amino-alcohol motifs (C(OH)–C–C–N with tert-alkyl or cyclic N) is 1. The van der Waals surface area contributed by atoms with Crippen LogP contribution in [0.5, 0.6) is 0 Å². The predicted octanol–water partition coefficient (Wildman–Crippen LogP) is -0.739. The summed E-state index contributed by atoms with van der Waals surface area (Å²) in [5.74, 6) is -0.0294. The normalized spacial score (nSPS) is 25.9. The maximum atomic E-state index is 11.7. The fraction of sp³-hybridized carbons (Fsp3) is 0.667. The number of aliphatic hydroxyl groups is 1. The Hall–Kier alpha value is -1.43. The molecule has 0 aromatic carbocycles. The number of hydrogen-bond donors (Lipinski definition) is 1. The van der Waals surface area contributed by atoms with Gasteiger partial charge in [-0.05, 0) is 13.3 Å². The van der Waals surface area contributed by atoms with Gasteiger partial charge in [-0.25, -0.2) is 9.67 Å².